The minimum Gasteiger partial charge on any atom is -0.494 e. The quantitative estimate of drug-likeness (QED) is 0.447. The van der Waals surface area contributed by atoms with Crippen LogP contribution in [-0.4, -0.2) is 48.2 Å². The molecule has 1 amide bonds. The van der Waals surface area contributed by atoms with Gasteiger partial charge in [-0.3, -0.25) is 9.10 Å². The number of sulfonamides is 1. The van der Waals surface area contributed by atoms with Gasteiger partial charge in [-0.15, -0.1) is 0 Å². The minimum absolute atomic E-state index is 0.0151. The van der Waals surface area contributed by atoms with E-state index in [0.717, 1.165) is 22.0 Å². The highest BCUT2D eigenvalue weighted by Gasteiger charge is 2.32. The third kappa shape index (κ3) is 4.90. The molecule has 0 aromatic heterocycles. The van der Waals surface area contributed by atoms with Crippen LogP contribution in [0.2, 0.25) is 0 Å². The Hall–Kier alpha value is -3.72. The molecule has 0 spiro atoms. The van der Waals surface area contributed by atoms with E-state index in [1.165, 1.54) is 32.4 Å². The van der Waals surface area contributed by atoms with E-state index in [0.29, 0.717) is 30.3 Å². The molecule has 3 aromatic rings. The number of para-hydroxylation sites is 1. The number of ether oxygens (including phenoxy) is 3. The van der Waals surface area contributed by atoms with Gasteiger partial charge in [-0.25, -0.2) is 8.42 Å². The van der Waals surface area contributed by atoms with Gasteiger partial charge in [0.25, 0.3) is 10.0 Å². The van der Waals surface area contributed by atoms with Crippen molar-refractivity contribution in [2.45, 2.75) is 18.2 Å². The maximum Gasteiger partial charge on any atom is 0.264 e. The first kappa shape index (κ1) is 24.4. The number of benzene rings is 3. The highest BCUT2D eigenvalue weighted by molar-refractivity contribution is 7.92. The van der Waals surface area contributed by atoms with Crippen molar-refractivity contribution >= 4 is 27.3 Å². The van der Waals surface area contributed by atoms with Gasteiger partial charge in [-0.1, -0.05) is 18.2 Å². The van der Waals surface area contributed by atoms with Crippen LogP contribution in [-0.2, 0) is 21.2 Å². The third-order valence-corrected chi connectivity index (χ3v) is 7.62. The van der Waals surface area contributed by atoms with Gasteiger partial charge >= 0.3 is 0 Å². The molecule has 0 atom stereocenters. The summed E-state index contributed by atoms with van der Waals surface area (Å²) in [5.74, 6) is 0.983. The molecule has 9 heteroatoms. The predicted molar refractivity (Wildman–Crippen MR) is 134 cm³/mol. The third-order valence-electron chi connectivity index (χ3n) is 5.85. The smallest absolute Gasteiger partial charge is 0.264 e. The Kier molecular flexibility index (Phi) is 7.16. The molecule has 0 aliphatic carbocycles. The molecule has 0 fully saturated rings. The van der Waals surface area contributed by atoms with Crippen molar-refractivity contribution < 1.29 is 27.4 Å². The molecule has 0 unspecified atom stereocenters. The second-order valence-electron chi connectivity index (χ2n) is 7.88. The van der Waals surface area contributed by atoms with Crippen LogP contribution in [0.3, 0.4) is 0 Å². The van der Waals surface area contributed by atoms with Crippen LogP contribution in [0, 0.1) is 0 Å². The van der Waals surface area contributed by atoms with E-state index < -0.39 is 10.0 Å². The topological polar surface area (TPSA) is 85.4 Å². The highest BCUT2D eigenvalue weighted by Crippen LogP contribution is 2.33. The van der Waals surface area contributed by atoms with Crippen molar-refractivity contribution in [3.05, 3.63) is 72.3 Å². The molecule has 8 nitrogen and oxygen atoms in total. The molecule has 1 aliphatic rings. The molecule has 1 heterocycles. The zero-order chi connectivity index (χ0) is 25.0. The fraction of sp³-hybridized carbons (Fsp3) is 0.269. The largest absolute Gasteiger partial charge is 0.494 e. The van der Waals surface area contributed by atoms with Crippen LogP contribution in [0.15, 0.2) is 71.6 Å². The summed E-state index contributed by atoms with van der Waals surface area (Å²) >= 11 is 0. The molecular weight excluding hydrogens is 468 g/mol. The number of nitrogens with zero attached hydrogens (tertiary/aromatic N) is 2. The fourth-order valence-electron chi connectivity index (χ4n) is 4.10. The van der Waals surface area contributed by atoms with E-state index in [-0.39, 0.29) is 23.1 Å². The lowest BCUT2D eigenvalue weighted by atomic mass is 10.2. The number of methoxy groups -OCH3 is 2. The van der Waals surface area contributed by atoms with Crippen LogP contribution in [0.5, 0.6) is 17.2 Å². The average molecular weight is 497 g/mol. The van der Waals surface area contributed by atoms with Crippen LogP contribution < -0.4 is 23.4 Å². The van der Waals surface area contributed by atoms with E-state index in [2.05, 4.69) is 0 Å². The van der Waals surface area contributed by atoms with E-state index >= 15 is 0 Å². The van der Waals surface area contributed by atoms with Crippen molar-refractivity contribution in [2.24, 2.45) is 0 Å². The van der Waals surface area contributed by atoms with Gasteiger partial charge in [0.1, 0.15) is 12.3 Å². The Morgan fingerprint density at radius 2 is 1.69 bits per heavy atom. The van der Waals surface area contributed by atoms with E-state index in [1.54, 1.807) is 29.2 Å². The van der Waals surface area contributed by atoms with Gasteiger partial charge in [0, 0.05) is 18.3 Å². The summed E-state index contributed by atoms with van der Waals surface area (Å²) in [6, 6.07) is 18.7. The number of rotatable bonds is 9. The van der Waals surface area contributed by atoms with Crippen molar-refractivity contribution in [3.8, 4) is 17.2 Å². The van der Waals surface area contributed by atoms with Gasteiger partial charge in [0.05, 0.1) is 31.4 Å². The first-order chi connectivity index (χ1) is 16.9. The molecule has 0 bridgehead atoms. The number of carbonyl (C=O) groups excluding carboxylic acids is 1. The van der Waals surface area contributed by atoms with Crippen LogP contribution in [0.1, 0.15) is 12.5 Å². The highest BCUT2D eigenvalue weighted by atomic mass is 32.2. The summed E-state index contributed by atoms with van der Waals surface area (Å²) in [6.07, 6.45) is 0.730. The molecule has 3 aromatic carbocycles. The van der Waals surface area contributed by atoms with Gasteiger partial charge < -0.3 is 19.1 Å². The van der Waals surface area contributed by atoms with E-state index in [4.69, 9.17) is 14.2 Å². The second-order valence-corrected chi connectivity index (χ2v) is 9.74. The number of carbonyl (C=O) groups is 1. The molecule has 0 saturated heterocycles. The summed E-state index contributed by atoms with van der Waals surface area (Å²) < 4.78 is 44.8. The number of hydrogen-bond acceptors (Lipinski definition) is 6. The molecule has 35 heavy (non-hydrogen) atoms. The number of anilines is 2. The SMILES string of the molecule is CCOc1ccc(N(CC(=O)N2CCc3ccccc32)S(=O)(=O)c2ccc(OC)c(OC)c2)cc1. The van der Waals surface area contributed by atoms with Gasteiger partial charge in [0.15, 0.2) is 11.5 Å². The summed E-state index contributed by atoms with van der Waals surface area (Å²) in [5.41, 5.74) is 2.23. The van der Waals surface area contributed by atoms with Crippen molar-refractivity contribution in [3.63, 3.8) is 0 Å². The van der Waals surface area contributed by atoms with Crippen molar-refractivity contribution in [1.29, 1.82) is 0 Å². The van der Waals surface area contributed by atoms with Crippen molar-refractivity contribution in [1.82, 2.24) is 0 Å². The summed E-state index contributed by atoms with van der Waals surface area (Å²) in [7, 11) is -1.22. The van der Waals surface area contributed by atoms with Crippen LogP contribution in [0.25, 0.3) is 0 Å². The minimum atomic E-state index is -4.13. The second kappa shape index (κ2) is 10.3. The Bertz CT molecular complexity index is 1310. The standard InChI is InChI=1S/C26H28N2O6S/c1-4-34-21-11-9-20(10-12-21)28(18-26(29)27-16-15-19-7-5-6-8-23(19)27)35(30,31)22-13-14-24(32-2)25(17-22)33-3/h5-14,17H,4,15-16,18H2,1-3H3. The zero-order valence-electron chi connectivity index (χ0n) is 19.9. The Labute approximate surface area is 205 Å². The molecule has 0 saturated carbocycles. The Morgan fingerprint density at radius 1 is 0.971 bits per heavy atom. The lowest BCUT2D eigenvalue weighted by Gasteiger charge is -2.27. The zero-order valence-corrected chi connectivity index (χ0v) is 20.7. The van der Waals surface area contributed by atoms with E-state index in [9.17, 15) is 13.2 Å². The molecule has 1 aliphatic heterocycles. The summed E-state index contributed by atoms with van der Waals surface area (Å²) in [4.78, 5) is 15.0. The van der Waals surface area contributed by atoms with Crippen LogP contribution in [0.4, 0.5) is 11.4 Å². The normalized spacial score (nSPS) is 12.7. The Balaban J connectivity index is 1.72. The Morgan fingerprint density at radius 3 is 2.37 bits per heavy atom. The predicted octanol–water partition coefficient (Wildman–Crippen LogP) is 3.89. The van der Waals surface area contributed by atoms with Crippen LogP contribution >= 0.6 is 0 Å². The fourth-order valence-corrected chi connectivity index (χ4v) is 5.53. The average Bonchev–Trinajstić information content (AvgIpc) is 3.32. The monoisotopic (exact) mass is 496 g/mol. The molecule has 4 rings (SSSR count). The number of amides is 1. The van der Waals surface area contributed by atoms with Gasteiger partial charge in [-0.05, 0) is 61.4 Å². The summed E-state index contributed by atoms with van der Waals surface area (Å²) in [5, 5.41) is 0. The first-order valence-corrected chi connectivity index (χ1v) is 12.7. The molecule has 0 radical (unpaired) electrons. The van der Waals surface area contributed by atoms with Gasteiger partial charge in [0.2, 0.25) is 5.91 Å². The molecule has 184 valence electrons. The van der Waals surface area contributed by atoms with Crippen molar-refractivity contribution in [2.75, 3.05) is 43.1 Å². The van der Waals surface area contributed by atoms with Gasteiger partial charge in [-0.2, -0.15) is 0 Å². The molecular formula is C26H28N2O6S. The maximum atomic E-state index is 13.8. The number of hydrogen-bond donors (Lipinski definition) is 0. The maximum absolute atomic E-state index is 13.8. The number of fused-ring (bicyclic) bond motifs is 1. The first-order valence-electron chi connectivity index (χ1n) is 11.2. The lowest BCUT2D eigenvalue weighted by molar-refractivity contribution is -0.117. The lowest BCUT2D eigenvalue weighted by Crippen LogP contribution is -2.42. The van der Waals surface area contributed by atoms with E-state index in [1.807, 2.05) is 31.2 Å². The summed E-state index contributed by atoms with van der Waals surface area (Å²) in [6.45, 7) is 2.50. The molecule has 0 N–H and O–H groups in total.